The number of anilines is 4. The van der Waals surface area contributed by atoms with Crippen LogP contribution in [0.1, 0.15) is 47.1 Å². The largest absolute Gasteiger partial charge is 0.456 e. The molecule has 0 amide bonds. The minimum Gasteiger partial charge on any atom is -0.456 e. The number of benzene rings is 10. The Balaban J connectivity index is 0.00000102. The van der Waals surface area contributed by atoms with Gasteiger partial charge < -0.3 is 19.2 Å². The van der Waals surface area contributed by atoms with Crippen LogP contribution in [0.15, 0.2) is 254 Å². The fourth-order valence-electron chi connectivity index (χ4n) is 10.7. The number of hydrogen-bond donors (Lipinski definition) is 1. The van der Waals surface area contributed by atoms with Crippen LogP contribution in [0.5, 0.6) is 0 Å². The van der Waals surface area contributed by atoms with Crippen LogP contribution in [0, 0.1) is 0 Å². The van der Waals surface area contributed by atoms with Gasteiger partial charge in [0.15, 0.2) is 0 Å². The smallest absolute Gasteiger partial charge is 0.135 e. The number of thiophene rings is 1. The van der Waals surface area contributed by atoms with Gasteiger partial charge in [-0.05, 0) is 137 Å². The molecule has 0 saturated carbocycles. The zero-order valence-corrected chi connectivity index (χ0v) is 45.3. The molecule has 4 nitrogen and oxygen atoms in total. The Kier molecular flexibility index (Phi) is 14.3. The minimum atomic E-state index is 0.902. The van der Waals surface area contributed by atoms with E-state index >= 15 is 0 Å². The number of allylic oxidation sites excluding steroid dienone is 4. The molecule has 77 heavy (non-hydrogen) atoms. The molecule has 13 aromatic rings. The fraction of sp³-hybridized carbons (Fsp3) is 0.0833. The molecule has 14 rings (SSSR count). The van der Waals surface area contributed by atoms with Gasteiger partial charge in [-0.2, -0.15) is 0 Å². The van der Waals surface area contributed by atoms with Crippen molar-refractivity contribution in [1.29, 1.82) is 0 Å². The first-order valence-electron chi connectivity index (χ1n) is 27.0. The first-order valence-corrected chi connectivity index (χ1v) is 27.8. The second-order valence-corrected chi connectivity index (χ2v) is 19.3. The third-order valence-corrected chi connectivity index (χ3v) is 15.3. The van der Waals surface area contributed by atoms with Crippen LogP contribution in [0.3, 0.4) is 0 Å². The van der Waals surface area contributed by atoms with Crippen LogP contribution in [-0.2, 0) is 0 Å². The van der Waals surface area contributed by atoms with Gasteiger partial charge >= 0.3 is 0 Å². The molecule has 1 aliphatic heterocycles. The Hall–Kier alpha value is -9.16. The van der Waals surface area contributed by atoms with Crippen LogP contribution >= 0.6 is 11.3 Å². The van der Waals surface area contributed by atoms with E-state index in [4.69, 9.17) is 4.42 Å². The average Bonchev–Trinajstić information content (AvgIpc) is 4.25. The lowest BCUT2D eigenvalue weighted by Gasteiger charge is -2.26. The Morgan fingerprint density at radius 3 is 1.95 bits per heavy atom. The molecule has 0 radical (unpaired) electrons. The molecule has 376 valence electrons. The van der Waals surface area contributed by atoms with Gasteiger partial charge in [-0.25, -0.2) is 0 Å². The fourth-order valence-corrected chi connectivity index (χ4v) is 12.0. The van der Waals surface area contributed by atoms with Gasteiger partial charge in [-0.1, -0.05) is 182 Å². The number of nitrogens with zero attached hydrogens (tertiary/aromatic N) is 2. The first kappa shape index (κ1) is 50.0. The number of hydrogen-bond acceptors (Lipinski definition) is 4. The van der Waals surface area contributed by atoms with E-state index in [2.05, 4.69) is 252 Å². The molecule has 0 spiro atoms. The van der Waals surface area contributed by atoms with Gasteiger partial charge in [0.25, 0.3) is 0 Å². The van der Waals surface area contributed by atoms with Crippen molar-refractivity contribution in [3.63, 3.8) is 0 Å². The van der Waals surface area contributed by atoms with Gasteiger partial charge in [0, 0.05) is 81.8 Å². The minimum absolute atomic E-state index is 0.902. The zero-order chi connectivity index (χ0) is 53.0. The van der Waals surface area contributed by atoms with Crippen LogP contribution in [0.25, 0.3) is 109 Å². The summed E-state index contributed by atoms with van der Waals surface area (Å²) in [5, 5.41) is 11.0. The molecule has 1 aliphatic rings. The van der Waals surface area contributed by atoms with E-state index in [1.165, 1.54) is 47.5 Å². The quantitative estimate of drug-likeness (QED) is 0.173. The van der Waals surface area contributed by atoms with E-state index in [9.17, 15) is 0 Å². The van der Waals surface area contributed by atoms with E-state index in [0.717, 1.165) is 89.3 Å². The average molecular weight is 1020 g/mol. The SMILES string of the molecule is C=C1/C=C\C=C/N(c2ccc3c(c2)c2ccccc2n3-c2ccccc2)c2ccc3c(sc4ccc(-c5cccc(Nc6ccccc6-c6cccc(-c7ccc8oc9ccccc9c8c7)c6)c5)cc43)c21.CC.CC.CC. The highest BCUT2D eigenvalue weighted by Gasteiger charge is 2.22. The van der Waals surface area contributed by atoms with E-state index in [-0.39, 0.29) is 0 Å². The Morgan fingerprint density at radius 1 is 0.442 bits per heavy atom. The molecule has 4 heterocycles. The molecule has 5 heteroatoms. The summed E-state index contributed by atoms with van der Waals surface area (Å²) >= 11 is 1.84. The van der Waals surface area contributed by atoms with Gasteiger partial charge in [0.1, 0.15) is 11.2 Å². The van der Waals surface area contributed by atoms with E-state index in [1.54, 1.807) is 0 Å². The maximum atomic E-state index is 6.13. The van der Waals surface area contributed by atoms with Gasteiger partial charge in [-0.15, -0.1) is 11.3 Å². The van der Waals surface area contributed by atoms with Crippen molar-refractivity contribution in [3.05, 3.63) is 255 Å². The van der Waals surface area contributed by atoms with Crippen molar-refractivity contribution < 1.29 is 4.42 Å². The molecule has 10 aromatic carbocycles. The number of rotatable bonds is 7. The van der Waals surface area contributed by atoms with Crippen molar-refractivity contribution in [3.8, 4) is 39.1 Å². The predicted molar refractivity (Wildman–Crippen MR) is 337 cm³/mol. The molecule has 0 atom stereocenters. The lowest BCUT2D eigenvalue weighted by Crippen LogP contribution is -2.11. The molecule has 0 saturated heterocycles. The normalized spacial score (nSPS) is 12.8. The van der Waals surface area contributed by atoms with Crippen molar-refractivity contribution in [2.24, 2.45) is 0 Å². The van der Waals surface area contributed by atoms with E-state index in [0.29, 0.717) is 0 Å². The van der Waals surface area contributed by atoms with Crippen molar-refractivity contribution in [1.82, 2.24) is 4.57 Å². The van der Waals surface area contributed by atoms with Crippen molar-refractivity contribution in [2.75, 3.05) is 10.2 Å². The summed E-state index contributed by atoms with van der Waals surface area (Å²) in [7, 11) is 0. The predicted octanol–water partition coefficient (Wildman–Crippen LogP) is 22.1. The highest BCUT2D eigenvalue weighted by molar-refractivity contribution is 7.26. The van der Waals surface area contributed by atoms with E-state index < -0.39 is 0 Å². The molecule has 1 N–H and O–H groups in total. The zero-order valence-electron chi connectivity index (χ0n) is 44.5. The summed E-state index contributed by atoms with van der Waals surface area (Å²) in [6, 6.07) is 78.5. The highest BCUT2D eigenvalue weighted by Crippen LogP contribution is 2.47. The van der Waals surface area contributed by atoms with Crippen LogP contribution in [0.4, 0.5) is 22.7 Å². The summed E-state index contributed by atoms with van der Waals surface area (Å²) in [4.78, 5) is 2.32. The highest BCUT2D eigenvalue weighted by atomic mass is 32.1. The van der Waals surface area contributed by atoms with Gasteiger partial charge in [0.2, 0.25) is 0 Å². The number of nitrogens with one attached hydrogen (secondary N) is 1. The summed E-state index contributed by atoms with van der Waals surface area (Å²) in [6.45, 7) is 16.6. The second-order valence-electron chi connectivity index (χ2n) is 18.3. The number of furan rings is 1. The standard InChI is InChI=1S/C66H43N3OS.3C2H6/c1-42-15-11-12-36-68(50-30-32-60-55(41-50)52-23-6-9-26-59(52)69(60)49-20-3-2-4-21-49)61-33-31-54-57-40-46(29-35-64(57)71-66(54)65(42)61)44-17-14-19-48(38-44)67-58-25-8-5-22-51(58)47-18-13-16-43(37-47)45-28-34-63-56(39-45)53-24-7-10-27-62(53)70-63;3*1-2/h2-41,67H,1H2;3*1-2H3/b15-11-,36-12-;;;. The molecular formula is C72H61N3OS. The van der Waals surface area contributed by atoms with Gasteiger partial charge in [-0.3, -0.25) is 0 Å². The molecule has 0 unspecified atom stereocenters. The van der Waals surface area contributed by atoms with Crippen LogP contribution in [-0.4, -0.2) is 4.57 Å². The van der Waals surface area contributed by atoms with Crippen LogP contribution < -0.4 is 10.2 Å². The first-order chi connectivity index (χ1) is 38.1. The van der Waals surface area contributed by atoms with E-state index in [1.807, 2.05) is 65.0 Å². The molecular weight excluding hydrogens is 955 g/mol. The van der Waals surface area contributed by atoms with Crippen molar-refractivity contribution >= 4 is 104 Å². The number of aromatic nitrogens is 1. The maximum Gasteiger partial charge on any atom is 0.135 e. The van der Waals surface area contributed by atoms with Gasteiger partial charge in [0.05, 0.1) is 16.7 Å². The Labute approximate surface area is 455 Å². The van der Waals surface area contributed by atoms with Crippen molar-refractivity contribution in [2.45, 2.75) is 41.5 Å². The Morgan fingerprint density at radius 2 is 1.10 bits per heavy atom. The lowest BCUT2D eigenvalue weighted by molar-refractivity contribution is 0.669. The number of fused-ring (bicyclic) bond motifs is 11. The summed E-state index contributed by atoms with van der Waals surface area (Å²) < 4.78 is 11.0. The second kappa shape index (κ2) is 22.0. The summed E-state index contributed by atoms with van der Waals surface area (Å²) in [5.74, 6) is 0. The molecule has 0 bridgehead atoms. The molecule has 0 fully saturated rings. The van der Waals surface area contributed by atoms with Crippen LogP contribution in [0.2, 0.25) is 0 Å². The summed E-state index contributed by atoms with van der Waals surface area (Å²) in [6.07, 6.45) is 8.52. The number of para-hydroxylation sites is 4. The Bertz CT molecular complexity index is 4360. The molecule has 0 aliphatic carbocycles. The third-order valence-electron chi connectivity index (χ3n) is 14.1. The molecule has 3 aromatic heterocycles. The maximum absolute atomic E-state index is 6.13. The summed E-state index contributed by atoms with van der Waals surface area (Å²) in [5.41, 5.74) is 18.7. The monoisotopic (exact) mass is 1020 g/mol. The topological polar surface area (TPSA) is 33.3 Å². The lowest BCUT2D eigenvalue weighted by atomic mass is 9.97. The third kappa shape index (κ3) is 9.19.